The number of carbonyl (C=O) groups is 2. The Hall–Kier alpha value is -3.90. The Morgan fingerprint density at radius 3 is 1.18 bits per heavy atom. The van der Waals surface area contributed by atoms with Crippen molar-refractivity contribution in [3.63, 3.8) is 0 Å². The molecule has 0 heterocycles. The number of hydrogen-bond acceptors (Lipinski definition) is 8. The lowest BCUT2D eigenvalue weighted by atomic mass is 10.00. The number of nitro benzene ring substituents is 2. The molecular weight excluding hydrogens is 568 g/mol. The summed E-state index contributed by atoms with van der Waals surface area (Å²) in [5.41, 5.74) is 2.46. The van der Waals surface area contributed by atoms with E-state index in [9.17, 15) is 20.2 Å². The summed E-state index contributed by atoms with van der Waals surface area (Å²) >= 11 is 0. The van der Waals surface area contributed by atoms with Crippen LogP contribution in [0.5, 0.6) is 0 Å². The summed E-state index contributed by atoms with van der Waals surface area (Å²) in [5.74, 6) is -3.01. The van der Waals surface area contributed by atoms with Crippen molar-refractivity contribution in [1.82, 2.24) is 9.80 Å². The summed E-state index contributed by atoms with van der Waals surface area (Å²) in [5, 5.41) is 36.4. The first kappa shape index (κ1) is 40.1. The first-order valence-electron chi connectivity index (χ1n) is 15.2. The van der Waals surface area contributed by atoms with E-state index in [1.54, 1.807) is 36.4 Å². The first-order chi connectivity index (χ1) is 20.8. The molecule has 0 spiro atoms. The van der Waals surface area contributed by atoms with E-state index in [0.29, 0.717) is 11.8 Å². The average Bonchev–Trinajstić information content (AvgIpc) is 2.98. The predicted octanol–water partition coefficient (Wildman–Crippen LogP) is 6.80. The van der Waals surface area contributed by atoms with Gasteiger partial charge in [0.05, 0.1) is 9.85 Å². The minimum Gasteiger partial charge on any atom is -0.473 e. The lowest BCUT2D eigenvalue weighted by Crippen LogP contribution is -2.29. The molecule has 12 nitrogen and oxygen atoms in total. The Bertz CT molecular complexity index is 1060. The van der Waals surface area contributed by atoms with Crippen LogP contribution in [0.4, 0.5) is 11.4 Å². The Labute approximate surface area is 261 Å². The van der Waals surface area contributed by atoms with Gasteiger partial charge in [-0.1, -0.05) is 65.8 Å². The lowest BCUT2D eigenvalue weighted by Gasteiger charge is -2.25. The fourth-order valence-corrected chi connectivity index (χ4v) is 4.73. The molecule has 0 saturated heterocycles. The second-order valence-electron chi connectivity index (χ2n) is 10.7. The van der Waals surface area contributed by atoms with Crippen molar-refractivity contribution in [3.05, 3.63) is 79.9 Å². The minimum absolute atomic E-state index is 0.182. The van der Waals surface area contributed by atoms with Crippen LogP contribution in [-0.2, 0) is 9.59 Å². The van der Waals surface area contributed by atoms with Crippen LogP contribution in [0, 0.1) is 20.2 Å². The second-order valence-corrected chi connectivity index (χ2v) is 10.7. The van der Waals surface area contributed by atoms with Gasteiger partial charge in [-0.2, -0.15) is 0 Å². The van der Waals surface area contributed by atoms with Gasteiger partial charge >= 0.3 is 11.9 Å². The summed E-state index contributed by atoms with van der Waals surface area (Å²) in [6.45, 7) is 19.3. The summed E-state index contributed by atoms with van der Waals surface area (Å²) in [6.07, 6.45) is 4.56. The third kappa shape index (κ3) is 16.7. The van der Waals surface area contributed by atoms with Crippen molar-refractivity contribution in [2.24, 2.45) is 0 Å². The molecule has 0 aliphatic carbocycles. The number of non-ortho nitro benzene ring substituents is 2. The monoisotopic (exact) mass is 618 g/mol. The van der Waals surface area contributed by atoms with Crippen LogP contribution in [0.3, 0.4) is 0 Å². The van der Waals surface area contributed by atoms with Crippen molar-refractivity contribution in [2.45, 2.75) is 79.1 Å². The smallest absolute Gasteiger partial charge is 0.414 e. The molecule has 246 valence electrons. The van der Waals surface area contributed by atoms with Gasteiger partial charge in [-0.15, -0.1) is 0 Å². The van der Waals surface area contributed by atoms with Gasteiger partial charge in [0, 0.05) is 37.4 Å². The largest absolute Gasteiger partial charge is 0.473 e. The molecular formula is C32H50N4O8. The zero-order valence-corrected chi connectivity index (χ0v) is 27.0. The summed E-state index contributed by atoms with van der Waals surface area (Å²) in [7, 11) is 0. The number of carboxylic acids is 2. The molecule has 12 heteroatoms. The Morgan fingerprint density at radius 2 is 0.955 bits per heavy atom. The van der Waals surface area contributed by atoms with Gasteiger partial charge < -0.3 is 20.0 Å². The highest BCUT2D eigenvalue weighted by Crippen LogP contribution is 2.23. The predicted molar refractivity (Wildman–Crippen MR) is 172 cm³/mol. The number of hydrogen-bond donors (Lipinski definition) is 2. The fraction of sp³-hybridized carbons (Fsp3) is 0.562. The van der Waals surface area contributed by atoms with Crippen molar-refractivity contribution < 1.29 is 29.6 Å². The van der Waals surface area contributed by atoms with Crippen LogP contribution in [0.15, 0.2) is 48.5 Å². The third-order valence-corrected chi connectivity index (χ3v) is 6.71. The summed E-state index contributed by atoms with van der Waals surface area (Å²) in [6, 6.07) is 14.0. The first-order valence-corrected chi connectivity index (χ1v) is 15.2. The molecule has 0 radical (unpaired) electrons. The molecule has 2 aromatic carbocycles. The maximum atomic E-state index is 10.8. The molecule has 0 saturated carbocycles. The Kier molecular flexibility index (Phi) is 20.6. The SMILES string of the molecule is CCCN(CCC)CC(C)c1cccc([N+](=O)[O-])c1.CCCN(CCC)CC(C)c1cccc([N+](=O)[O-])c1.O=C(O)C(=O)O. The molecule has 0 aliphatic rings. The van der Waals surface area contributed by atoms with Crippen LogP contribution >= 0.6 is 0 Å². The average molecular weight is 619 g/mol. The van der Waals surface area contributed by atoms with E-state index in [0.717, 1.165) is 76.1 Å². The van der Waals surface area contributed by atoms with E-state index >= 15 is 0 Å². The van der Waals surface area contributed by atoms with Gasteiger partial charge in [0.2, 0.25) is 0 Å². The highest BCUT2D eigenvalue weighted by molar-refractivity contribution is 6.27. The normalized spacial score (nSPS) is 11.9. The molecule has 0 fully saturated rings. The van der Waals surface area contributed by atoms with Crippen LogP contribution in [0.2, 0.25) is 0 Å². The zero-order valence-electron chi connectivity index (χ0n) is 27.0. The van der Waals surface area contributed by atoms with Gasteiger partial charge in [0.15, 0.2) is 0 Å². The molecule has 0 bridgehead atoms. The van der Waals surface area contributed by atoms with Crippen LogP contribution in [0.1, 0.15) is 90.2 Å². The number of nitrogens with zero attached hydrogens (tertiary/aromatic N) is 4. The molecule has 2 aromatic rings. The van der Waals surface area contributed by atoms with Gasteiger partial charge in [-0.3, -0.25) is 20.2 Å². The van der Waals surface area contributed by atoms with E-state index in [-0.39, 0.29) is 21.2 Å². The summed E-state index contributed by atoms with van der Waals surface area (Å²) in [4.78, 5) is 44.0. The topological polar surface area (TPSA) is 167 Å². The van der Waals surface area contributed by atoms with Crippen LogP contribution in [0.25, 0.3) is 0 Å². The molecule has 2 unspecified atom stereocenters. The van der Waals surface area contributed by atoms with Crippen molar-refractivity contribution in [1.29, 1.82) is 0 Å². The molecule has 2 atom stereocenters. The van der Waals surface area contributed by atoms with E-state index in [1.807, 2.05) is 12.1 Å². The number of benzene rings is 2. The van der Waals surface area contributed by atoms with E-state index < -0.39 is 11.9 Å². The molecule has 0 amide bonds. The highest BCUT2D eigenvalue weighted by atomic mass is 16.6. The minimum atomic E-state index is -1.82. The Balaban J connectivity index is 0.000000710. The van der Waals surface area contributed by atoms with E-state index in [4.69, 9.17) is 19.8 Å². The van der Waals surface area contributed by atoms with Gasteiger partial charge in [-0.25, -0.2) is 9.59 Å². The molecule has 2 N–H and O–H groups in total. The van der Waals surface area contributed by atoms with Crippen molar-refractivity contribution in [3.8, 4) is 0 Å². The quantitative estimate of drug-likeness (QED) is 0.116. The molecule has 44 heavy (non-hydrogen) atoms. The van der Waals surface area contributed by atoms with Crippen LogP contribution in [-0.4, -0.2) is 81.1 Å². The standard InChI is InChI=1S/2C15H24N2O2.C2H2O4/c2*1-4-9-16(10-5-2)12-13(3)14-7-6-8-15(11-14)17(18)19;3-1(4)2(5)6/h2*6-8,11,13H,4-5,9-10,12H2,1-3H3;(H,3,4)(H,5,6). The van der Waals surface area contributed by atoms with E-state index in [1.165, 1.54) is 0 Å². The van der Waals surface area contributed by atoms with Crippen molar-refractivity contribution >= 4 is 23.3 Å². The number of aliphatic carboxylic acids is 2. The lowest BCUT2D eigenvalue weighted by molar-refractivity contribution is -0.385. The van der Waals surface area contributed by atoms with Gasteiger partial charge in [0.1, 0.15) is 0 Å². The third-order valence-electron chi connectivity index (χ3n) is 6.71. The zero-order chi connectivity index (χ0) is 33.7. The Morgan fingerprint density at radius 1 is 0.659 bits per heavy atom. The maximum Gasteiger partial charge on any atom is 0.414 e. The van der Waals surface area contributed by atoms with Gasteiger partial charge in [0.25, 0.3) is 11.4 Å². The van der Waals surface area contributed by atoms with Crippen LogP contribution < -0.4 is 0 Å². The molecule has 2 rings (SSSR count). The molecule has 0 aliphatic heterocycles. The summed E-state index contributed by atoms with van der Waals surface area (Å²) < 4.78 is 0. The fourth-order valence-electron chi connectivity index (χ4n) is 4.73. The van der Waals surface area contributed by atoms with Gasteiger partial charge in [-0.05, 0) is 74.8 Å². The highest BCUT2D eigenvalue weighted by Gasteiger charge is 2.15. The maximum absolute atomic E-state index is 10.8. The van der Waals surface area contributed by atoms with E-state index in [2.05, 4.69) is 51.3 Å². The second kappa shape index (κ2) is 22.6. The number of nitro groups is 2. The number of carboxylic acid groups (broad SMARTS) is 2. The molecule has 0 aromatic heterocycles. The number of rotatable bonds is 16. The van der Waals surface area contributed by atoms with Crippen molar-refractivity contribution in [2.75, 3.05) is 39.3 Å².